The Morgan fingerprint density at radius 3 is 2.74 bits per heavy atom. The molecular weight excluding hydrogens is 454 g/mol. The van der Waals surface area contributed by atoms with Crippen LogP contribution in [0.15, 0.2) is 78.9 Å². The van der Waals surface area contributed by atoms with Crippen molar-refractivity contribution in [2.75, 3.05) is 6.61 Å². The van der Waals surface area contributed by atoms with Crippen molar-refractivity contribution < 1.29 is 9.53 Å². The molecule has 35 heavy (non-hydrogen) atoms. The van der Waals surface area contributed by atoms with Crippen LogP contribution < -0.4 is 0 Å². The fourth-order valence-electron chi connectivity index (χ4n) is 4.83. The lowest BCUT2D eigenvalue weighted by Crippen LogP contribution is -2.22. The SMILES string of the molecule is CC1(c2ccccc2CCC(=O)c2cccc(/C=C/c3ccc4ccc(Cl)cc4n3)c2)CCCO1. The van der Waals surface area contributed by atoms with Gasteiger partial charge in [0, 0.05) is 29.0 Å². The van der Waals surface area contributed by atoms with Crippen molar-refractivity contribution >= 4 is 40.4 Å². The second-order valence-electron chi connectivity index (χ2n) is 9.30. The zero-order chi connectivity index (χ0) is 24.3. The van der Waals surface area contributed by atoms with Crippen molar-refractivity contribution in [3.8, 4) is 0 Å². The lowest BCUT2D eigenvalue weighted by atomic mass is 9.87. The Balaban J connectivity index is 1.28. The number of hydrogen-bond donors (Lipinski definition) is 0. The maximum absolute atomic E-state index is 13.1. The van der Waals surface area contributed by atoms with E-state index < -0.39 is 0 Å². The molecule has 1 atom stereocenters. The fourth-order valence-corrected chi connectivity index (χ4v) is 5.00. The molecule has 0 radical (unpaired) electrons. The number of hydrogen-bond acceptors (Lipinski definition) is 3. The van der Waals surface area contributed by atoms with Crippen molar-refractivity contribution in [2.24, 2.45) is 0 Å². The molecular formula is C31H28ClNO2. The van der Waals surface area contributed by atoms with Crippen LogP contribution in [0.1, 0.15) is 58.9 Å². The quantitative estimate of drug-likeness (QED) is 0.252. The lowest BCUT2D eigenvalue weighted by Gasteiger charge is -2.26. The number of nitrogens with zero attached hydrogens (tertiary/aromatic N) is 1. The van der Waals surface area contributed by atoms with Gasteiger partial charge in [0.05, 0.1) is 16.8 Å². The van der Waals surface area contributed by atoms with E-state index in [2.05, 4.69) is 30.1 Å². The molecule has 1 aliphatic rings. The number of ketones is 1. The maximum atomic E-state index is 13.1. The van der Waals surface area contributed by atoms with Crippen LogP contribution in [-0.2, 0) is 16.8 Å². The Hall–Kier alpha value is -3.27. The molecule has 4 aromatic rings. The van der Waals surface area contributed by atoms with Gasteiger partial charge >= 0.3 is 0 Å². The zero-order valence-corrected chi connectivity index (χ0v) is 20.6. The van der Waals surface area contributed by atoms with E-state index in [0.717, 1.165) is 47.2 Å². The molecule has 0 spiro atoms. The summed E-state index contributed by atoms with van der Waals surface area (Å²) >= 11 is 6.11. The van der Waals surface area contributed by atoms with Gasteiger partial charge in [-0.05, 0) is 73.2 Å². The summed E-state index contributed by atoms with van der Waals surface area (Å²) in [5, 5.41) is 1.72. The molecule has 0 saturated carbocycles. The summed E-state index contributed by atoms with van der Waals surface area (Å²) in [5.41, 5.74) is 5.57. The highest BCUT2D eigenvalue weighted by molar-refractivity contribution is 6.31. The Morgan fingerprint density at radius 1 is 1.03 bits per heavy atom. The number of aromatic nitrogens is 1. The first-order valence-electron chi connectivity index (χ1n) is 12.1. The normalized spacial score (nSPS) is 17.9. The van der Waals surface area contributed by atoms with E-state index in [1.807, 2.05) is 72.8 Å². The lowest BCUT2D eigenvalue weighted by molar-refractivity contribution is 0.0161. The molecule has 176 valence electrons. The maximum Gasteiger partial charge on any atom is 0.163 e. The Labute approximate surface area is 211 Å². The molecule has 1 aliphatic heterocycles. The van der Waals surface area contributed by atoms with Crippen LogP contribution in [-0.4, -0.2) is 17.4 Å². The Kier molecular flexibility index (Phi) is 6.81. The Bertz CT molecular complexity index is 1400. The van der Waals surface area contributed by atoms with Gasteiger partial charge in [-0.1, -0.05) is 72.3 Å². The monoisotopic (exact) mass is 481 g/mol. The molecule has 1 aromatic heterocycles. The van der Waals surface area contributed by atoms with Gasteiger partial charge in [0.2, 0.25) is 0 Å². The van der Waals surface area contributed by atoms with Gasteiger partial charge in [-0.25, -0.2) is 4.98 Å². The number of carbonyl (C=O) groups is 1. The fraction of sp³-hybridized carbons (Fsp3) is 0.226. The van der Waals surface area contributed by atoms with Crippen LogP contribution in [0.5, 0.6) is 0 Å². The number of pyridine rings is 1. The number of Topliss-reactive ketones (excluding diaryl/α,β-unsaturated/α-hetero) is 1. The summed E-state index contributed by atoms with van der Waals surface area (Å²) in [6.07, 6.45) is 7.22. The van der Waals surface area contributed by atoms with Gasteiger partial charge < -0.3 is 4.74 Å². The number of halogens is 1. The summed E-state index contributed by atoms with van der Waals surface area (Å²) in [6, 6.07) is 25.9. The number of fused-ring (bicyclic) bond motifs is 1. The van der Waals surface area contributed by atoms with E-state index in [0.29, 0.717) is 17.9 Å². The highest BCUT2D eigenvalue weighted by Gasteiger charge is 2.33. The van der Waals surface area contributed by atoms with E-state index in [1.54, 1.807) is 0 Å². The third-order valence-electron chi connectivity index (χ3n) is 6.76. The minimum absolute atomic E-state index is 0.144. The molecule has 1 fully saturated rings. The topological polar surface area (TPSA) is 39.2 Å². The van der Waals surface area contributed by atoms with E-state index >= 15 is 0 Å². The smallest absolute Gasteiger partial charge is 0.163 e. The molecule has 0 aliphatic carbocycles. The predicted molar refractivity (Wildman–Crippen MR) is 144 cm³/mol. The van der Waals surface area contributed by atoms with Gasteiger partial charge in [-0.15, -0.1) is 0 Å². The molecule has 1 saturated heterocycles. The molecule has 1 unspecified atom stereocenters. The molecule has 2 heterocycles. The molecule has 0 bridgehead atoms. The minimum Gasteiger partial charge on any atom is -0.371 e. The predicted octanol–water partition coefficient (Wildman–Crippen LogP) is 7.90. The van der Waals surface area contributed by atoms with Crippen molar-refractivity contribution in [2.45, 2.75) is 38.2 Å². The first-order valence-corrected chi connectivity index (χ1v) is 12.5. The third-order valence-corrected chi connectivity index (χ3v) is 6.99. The molecule has 0 N–H and O–H groups in total. The van der Waals surface area contributed by atoms with Crippen molar-refractivity contribution in [1.29, 1.82) is 0 Å². The second kappa shape index (κ2) is 10.2. The van der Waals surface area contributed by atoms with Gasteiger partial charge in [0.25, 0.3) is 0 Å². The largest absolute Gasteiger partial charge is 0.371 e. The number of carbonyl (C=O) groups excluding carboxylic acids is 1. The van der Waals surface area contributed by atoms with Gasteiger partial charge in [0.1, 0.15) is 0 Å². The van der Waals surface area contributed by atoms with Gasteiger partial charge in [0.15, 0.2) is 5.78 Å². The highest BCUT2D eigenvalue weighted by Crippen LogP contribution is 2.37. The average Bonchev–Trinajstić information content (AvgIpc) is 3.33. The average molecular weight is 482 g/mol. The van der Waals surface area contributed by atoms with E-state index in [1.165, 1.54) is 11.1 Å². The summed E-state index contributed by atoms with van der Waals surface area (Å²) < 4.78 is 6.06. The first kappa shape index (κ1) is 23.5. The van der Waals surface area contributed by atoms with Crippen LogP contribution in [0.4, 0.5) is 0 Å². The molecule has 3 aromatic carbocycles. The molecule has 4 heteroatoms. The highest BCUT2D eigenvalue weighted by atomic mass is 35.5. The van der Waals surface area contributed by atoms with Gasteiger partial charge in [-0.3, -0.25) is 4.79 Å². The van der Waals surface area contributed by atoms with E-state index in [-0.39, 0.29) is 11.4 Å². The number of rotatable bonds is 7. The number of aryl methyl sites for hydroxylation is 1. The summed E-state index contributed by atoms with van der Waals surface area (Å²) in [5.74, 6) is 0.144. The Morgan fingerprint density at radius 2 is 1.89 bits per heavy atom. The third kappa shape index (κ3) is 5.37. The number of benzene rings is 3. The second-order valence-corrected chi connectivity index (χ2v) is 9.73. The van der Waals surface area contributed by atoms with Crippen LogP contribution in [0.25, 0.3) is 23.1 Å². The van der Waals surface area contributed by atoms with E-state index in [4.69, 9.17) is 16.3 Å². The standard InChI is InChI=1S/C31H28ClNO2/c1-31(18-5-19-35-31)28-9-3-2-7-23(28)13-17-30(34)25-8-4-6-22(20-25)10-15-27-16-12-24-11-14-26(32)21-29(24)33-27/h2-4,6-12,14-16,20-21H,5,13,17-19H2,1H3/b15-10+. The van der Waals surface area contributed by atoms with Crippen molar-refractivity contribution in [3.63, 3.8) is 0 Å². The van der Waals surface area contributed by atoms with Crippen molar-refractivity contribution in [1.82, 2.24) is 4.98 Å². The molecule has 5 rings (SSSR count). The zero-order valence-electron chi connectivity index (χ0n) is 19.8. The van der Waals surface area contributed by atoms with E-state index in [9.17, 15) is 4.79 Å². The van der Waals surface area contributed by atoms with Crippen molar-refractivity contribution in [3.05, 3.63) is 112 Å². The van der Waals surface area contributed by atoms with Crippen LogP contribution in [0.3, 0.4) is 0 Å². The number of ether oxygens (including phenoxy) is 1. The van der Waals surface area contributed by atoms with Crippen LogP contribution in [0.2, 0.25) is 5.02 Å². The minimum atomic E-state index is -0.244. The van der Waals surface area contributed by atoms with Crippen LogP contribution in [0, 0.1) is 0 Å². The molecule has 0 amide bonds. The summed E-state index contributed by atoms with van der Waals surface area (Å²) in [7, 11) is 0. The van der Waals surface area contributed by atoms with Gasteiger partial charge in [-0.2, -0.15) is 0 Å². The summed E-state index contributed by atoms with van der Waals surface area (Å²) in [6.45, 7) is 2.96. The molecule has 3 nitrogen and oxygen atoms in total. The van der Waals surface area contributed by atoms with Crippen LogP contribution >= 0.6 is 11.6 Å². The summed E-state index contributed by atoms with van der Waals surface area (Å²) in [4.78, 5) is 17.7. The first-order chi connectivity index (χ1) is 17.0.